The van der Waals surface area contributed by atoms with Gasteiger partial charge in [0.05, 0.1) is 114 Å². The lowest BCUT2D eigenvalue weighted by molar-refractivity contribution is 0.367. The molecule has 144 heavy (non-hydrogen) atoms. The highest BCUT2D eigenvalue weighted by atomic mass is 16.5. The molecular formula is C110H91N29O5. The third kappa shape index (κ3) is 24.1. The fourth-order valence-electron chi connectivity index (χ4n) is 15.2. The van der Waals surface area contributed by atoms with Gasteiger partial charge in [0.1, 0.15) is 45.9 Å². The number of allylic oxidation sites excluding steroid dienone is 3. The lowest BCUT2D eigenvalue weighted by atomic mass is 10.0. The van der Waals surface area contributed by atoms with Crippen LogP contribution in [0.15, 0.2) is 238 Å². The molecule has 8 aromatic heterocycles. The first-order valence-corrected chi connectivity index (χ1v) is 44.4. The van der Waals surface area contributed by atoms with Crippen LogP contribution in [-0.2, 0) is 13.1 Å². The van der Waals surface area contributed by atoms with Crippen LogP contribution in [0.5, 0.6) is 28.7 Å². The number of fused-ring (bicyclic) bond motifs is 4. The maximum absolute atomic E-state index is 9.16. The van der Waals surface area contributed by atoms with E-state index in [1.807, 2.05) is 233 Å². The lowest BCUT2D eigenvalue weighted by Crippen LogP contribution is -2.06. The van der Waals surface area contributed by atoms with Crippen molar-refractivity contribution in [3.8, 4) is 96.1 Å². The normalized spacial score (nSPS) is 10.7. The number of rotatable bonds is 29. The van der Waals surface area contributed by atoms with E-state index in [9.17, 15) is 0 Å². The van der Waals surface area contributed by atoms with E-state index in [1.165, 1.54) is 12.2 Å². The highest BCUT2D eigenvalue weighted by Crippen LogP contribution is 2.40. The number of hydrogen-bond acceptors (Lipinski definition) is 30. The molecule has 18 aromatic rings. The van der Waals surface area contributed by atoms with E-state index in [0.717, 1.165) is 129 Å². The van der Waals surface area contributed by atoms with E-state index in [-0.39, 0.29) is 6.61 Å². The summed E-state index contributed by atoms with van der Waals surface area (Å²) in [6.07, 6.45) is 32.8. The summed E-state index contributed by atoms with van der Waals surface area (Å²) in [6.45, 7) is 13.0. The molecule has 34 heteroatoms. The molecule has 0 atom stereocenters. The molecule has 18 rings (SSSR count). The number of nitrogens with one attached hydrogen (secondary N) is 10. The van der Waals surface area contributed by atoms with Crippen molar-refractivity contribution in [3.63, 3.8) is 0 Å². The Hall–Kier alpha value is -20.8. The van der Waals surface area contributed by atoms with Crippen LogP contribution in [-0.4, -0.2) is 114 Å². The van der Waals surface area contributed by atoms with Gasteiger partial charge in [0.15, 0.2) is 63.5 Å². The monoisotopic (exact) mass is 1900 g/mol. The molecule has 34 nitrogen and oxygen atoms in total. The van der Waals surface area contributed by atoms with Crippen LogP contribution in [0.2, 0.25) is 0 Å². The van der Waals surface area contributed by atoms with E-state index in [2.05, 4.69) is 122 Å². The number of nitriles is 5. The number of aryl methyl sites for hydroxylation is 6. The molecule has 0 saturated heterocycles. The molecule has 0 bridgehead atoms. The number of benzene rings is 10. The molecule has 10 aromatic carbocycles. The number of aromatic nitrogens is 16. The summed E-state index contributed by atoms with van der Waals surface area (Å²) in [4.78, 5) is 61.5. The molecule has 0 amide bonds. The van der Waals surface area contributed by atoms with Gasteiger partial charge in [-0.15, -0.1) is 19.3 Å². The van der Waals surface area contributed by atoms with Gasteiger partial charge in [0.25, 0.3) is 0 Å². The minimum atomic E-state index is 0.00365. The number of terminal acetylenes is 3. The number of methoxy groups -OCH3 is 4. The molecule has 8 heterocycles. The standard InChI is InChI=1S/C32H27N7O2.C31H26N8O.C24H19N7O.C23H19N7O/c1-5-22-8-12-25(13-9-22)35-32-37-30(36-28-21(2)17-24(7-6-16-33)18-27(28)41-4)29-31(38-32)39(20-34-29)19-23-10-14-26(40-3)15-11-23;1-20-15-24(5-4-14-32)16-21(2)27(20)36-31-37-29(35-25-10-6-22(17-33)7-11-25)28-30(38-31)39(19-34-28)18-23-8-12-26(40-3)13-9-23;1-4-5-6-17-11-15(2)20(19(12-17)32-3)29-23-21-22(27-14-26-21)30-24(31-23)28-18-9-7-16(13-25)8-10-18;1-4-16-5-7-17(8-6-16)27-23-29-21-20(25-13-26-21)22(30-23)28-19-14(2)11-18(12-15(19)3)31-10-9-24/h1,6-15,17-18,20H,19H2,2-4H3,(H2,35,36,37,38);4-13,15-16,19H,18H2,1-3H3,(H2,35,36,37,38);1,5-12,14H,2-3H3,(H3,26,27,28,29,30,31);1,5-8,11-13H,10H2,2-3H3,(H3,25,26,27,28,29,30)/b7-6+;5-4+;6-5+;. The topological polar surface area (TPSA) is 457 Å². The third-order valence-electron chi connectivity index (χ3n) is 22.2. The van der Waals surface area contributed by atoms with Crippen LogP contribution in [0.25, 0.3) is 62.9 Å². The molecule has 0 radical (unpaired) electrons. The molecule has 0 fully saturated rings. The number of aromatic amines is 2. The van der Waals surface area contributed by atoms with Crippen molar-refractivity contribution in [1.29, 1.82) is 26.3 Å². The first-order valence-electron chi connectivity index (χ1n) is 44.4. The highest BCUT2D eigenvalue weighted by molar-refractivity contribution is 5.92. The SMILES string of the molecule is C#C/C=C/c1cc(C)c(Nc2nc(Nc3ccc(C#N)cc3)nc3nc[nH]c23)c(OC)c1.C#Cc1ccc(Nc2nc(Nc3c(C)cc(/C=C/C#N)cc3OC)c3ncn(Cc4ccc(OC)cc4)c3n2)cc1.C#Cc1ccc(Nc2nc(Nc3c(C)cc(OCC#N)cc3C)c3[nH]cnc3n2)cc1.COc1ccc(Cn2cnc3c(Nc4ccc(C#N)cc4)nc(Nc4c(C)cc(/C=C/C#N)cc4C)nc32)cc1. The molecular weight excluding hydrogens is 1810 g/mol. The van der Waals surface area contributed by atoms with Crippen molar-refractivity contribution in [1.82, 2.24) is 78.9 Å². The highest BCUT2D eigenvalue weighted by Gasteiger charge is 2.23. The van der Waals surface area contributed by atoms with Gasteiger partial charge in [-0.2, -0.15) is 66.2 Å². The van der Waals surface area contributed by atoms with Crippen molar-refractivity contribution in [2.45, 2.75) is 54.6 Å². The van der Waals surface area contributed by atoms with E-state index in [4.69, 9.17) is 89.2 Å². The van der Waals surface area contributed by atoms with Gasteiger partial charge >= 0.3 is 0 Å². The number of H-pyrrole nitrogens is 2. The van der Waals surface area contributed by atoms with Crippen molar-refractivity contribution < 1.29 is 23.7 Å². The van der Waals surface area contributed by atoms with Gasteiger partial charge in [0.2, 0.25) is 23.8 Å². The fraction of sp³-hybridized carbons (Fsp3) is 0.118. The summed E-state index contributed by atoms with van der Waals surface area (Å²) in [6, 6.07) is 70.5. The number of nitrogens with zero attached hydrogens (tertiary/aromatic N) is 19. The van der Waals surface area contributed by atoms with Gasteiger partial charge in [-0.1, -0.05) is 42.0 Å². The smallest absolute Gasteiger partial charge is 0.231 e. The molecule has 0 aliphatic rings. The predicted molar refractivity (Wildman–Crippen MR) is 561 cm³/mol. The summed E-state index contributed by atoms with van der Waals surface area (Å²) >= 11 is 0. The van der Waals surface area contributed by atoms with Gasteiger partial charge in [-0.05, 0) is 297 Å². The zero-order valence-corrected chi connectivity index (χ0v) is 79.6. The van der Waals surface area contributed by atoms with Crippen molar-refractivity contribution >= 4 is 155 Å². The summed E-state index contributed by atoms with van der Waals surface area (Å²) in [5, 5.41) is 71.2. The Morgan fingerprint density at radius 2 is 0.708 bits per heavy atom. The Bertz CT molecular complexity index is 8190. The number of hydrogen-bond donors (Lipinski definition) is 10. The second-order valence-corrected chi connectivity index (χ2v) is 32.1. The quantitative estimate of drug-likeness (QED) is 0.0154. The van der Waals surface area contributed by atoms with E-state index in [0.29, 0.717) is 133 Å². The largest absolute Gasteiger partial charge is 0.497 e. The maximum atomic E-state index is 9.16. The summed E-state index contributed by atoms with van der Waals surface area (Å²) in [5.41, 5.74) is 24.7. The number of anilines is 16. The maximum Gasteiger partial charge on any atom is 0.231 e. The molecule has 0 spiro atoms. The van der Waals surface area contributed by atoms with Gasteiger partial charge < -0.3 is 85.3 Å². The van der Waals surface area contributed by atoms with Crippen LogP contribution in [0.3, 0.4) is 0 Å². The van der Waals surface area contributed by atoms with E-state index >= 15 is 0 Å². The molecule has 0 unspecified atom stereocenters. The lowest BCUT2D eigenvalue weighted by Gasteiger charge is -2.16. The second-order valence-electron chi connectivity index (χ2n) is 32.1. The minimum Gasteiger partial charge on any atom is -0.497 e. The van der Waals surface area contributed by atoms with Crippen molar-refractivity contribution in [2.24, 2.45) is 0 Å². The molecule has 0 aliphatic heterocycles. The molecule has 0 saturated carbocycles. The van der Waals surface area contributed by atoms with Crippen LogP contribution in [0.4, 0.5) is 92.6 Å². The Labute approximate surface area is 829 Å². The Morgan fingerprint density at radius 3 is 1.10 bits per heavy atom. The van der Waals surface area contributed by atoms with E-state index < -0.39 is 0 Å². The second kappa shape index (κ2) is 46.1. The zero-order chi connectivity index (χ0) is 101. The third-order valence-corrected chi connectivity index (χ3v) is 22.2. The van der Waals surface area contributed by atoms with Crippen LogP contribution in [0.1, 0.15) is 83.5 Å². The van der Waals surface area contributed by atoms with Crippen LogP contribution in [0, 0.1) is 135 Å². The Balaban J connectivity index is 0.000000145. The zero-order valence-electron chi connectivity index (χ0n) is 79.6. The van der Waals surface area contributed by atoms with Crippen LogP contribution < -0.4 is 66.2 Å². The van der Waals surface area contributed by atoms with Crippen LogP contribution >= 0.6 is 0 Å². The number of imidazole rings is 4. The predicted octanol–water partition coefficient (Wildman–Crippen LogP) is 21.6. The minimum absolute atomic E-state index is 0.00365. The molecule has 10 N–H and O–H groups in total. The van der Waals surface area contributed by atoms with Gasteiger partial charge in [-0.25, -0.2) is 19.9 Å². The molecule has 0 aliphatic carbocycles. The molecule has 706 valence electrons. The van der Waals surface area contributed by atoms with E-state index in [1.54, 1.807) is 108 Å². The van der Waals surface area contributed by atoms with Gasteiger partial charge in [-0.3, -0.25) is 0 Å². The van der Waals surface area contributed by atoms with Crippen molar-refractivity contribution in [3.05, 3.63) is 321 Å². The first kappa shape index (κ1) is 97.7. The summed E-state index contributed by atoms with van der Waals surface area (Å²) in [5.74, 6) is 14.9. The first-order chi connectivity index (χ1) is 70.1. The van der Waals surface area contributed by atoms with Crippen molar-refractivity contribution in [2.75, 3.05) is 77.6 Å². The Morgan fingerprint density at radius 1 is 0.354 bits per heavy atom. The fourth-order valence-corrected chi connectivity index (χ4v) is 15.2. The van der Waals surface area contributed by atoms with Gasteiger partial charge in [0, 0.05) is 57.4 Å². The average Bonchev–Trinajstić information content (AvgIpc) is 1.62. The average molecular weight is 1900 g/mol. The summed E-state index contributed by atoms with van der Waals surface area (Å²) in [7, 11) is 6.50. The summed E-state index contributed by atoms with van der Waals surface area (Å²) < 4.78 is 31.2. The number of ether oxygens (including phenoxy) is 5. The Kier molecular flexibility index (Phi) is 31.3.